The van der Waals surface area contributed by atoms with Crippen molar-refractivity contribution in [2.24, 2.45) is 11.8 Å². The van der Waals surface area contributed by atoms with E-state index in [0.29, 0.717) is 19.5 Å². The molecule has 2 amide bonds. The first kappa shape index (κ1) is 16.8. The van der Waals surface area contributed by atoms with E-state index < -0.39 is 29.1 Å². The molecule has 2 atom stereocenters. The normalized spacial score (nSPS) is 23.9. The maximum atomic E-state index is 13.6. The van der Waals surface area contributed by atoms with Crippen LogP contribution in [0, 0.1) is 23.5 Å². The number of hydrogen-bond acceptors (Lipinski definition) is 3. The molecule has 1 saturated carbocycles. The fourth-order valence-corrected chi connectivity index (χ4v) is 3.11. The van der Waals surface area contributed by atoms with Crippen molar-refractivity contribution < 1.29 is 18.4 Å². The van der Waals surface area contributed by atoms with Crippen LogP contribution >= 0.6 is 0 Å². The number of hydrogen-bond donors (Lipinski definition) is 1. The highest BCUT2D eigenvalue weighted by molar-refractivity contribution is 5.99. The molecular weight excluding hydrogens is 316 g/mol. The number of carbonyl (C=O) groups is 2. The molecule has 1 aliphatic heterocycles. The number of nitrogens with zero attached hydrogens (tertiary/aromatic N) is 2. The smallest absolute Gasteiger partial charge is 0.228 e. The first-order valence-corrected chi connectivity index (χ1v) is 8.27. The van der Waals surface area contributed by atoms with E-state index in [1.165, 1.54) is 6.07 Å². The van der Waals surface area contributed by atoms with Gasteiger partial charge in [0.1, 0.15) is 17.3 Å². The molecule has 24 heavy (non-hydrogen) atoms. The van der Waals surface area contributed by atoms with Crippen molar-refractivity contribution in [3.05, 3.63) is 29.8 Å². The molecule has 0 bridgehead atoms. The second-order valence-corrected chi connectivity index (χ2v) is 6.29. The predicted octanol–water partition coefficient (Wildman–Crippen LogP) is 1.70. The van der Waals surface area contributed by atoms with Gasteiger partial charge in [-0.05, 0) is 25.1 Å². The molecule has 0 radical (unpaired) electrons. The largest absolute Gasteiger partial charge is 0.340 e. The highest BCUT2D eigenvalue weighted by Crippen LogP contribution is 2.41. The van der Waals surface area contributed by atoms with E-state index in [0.717, 1.165) is 31.8 Å². The Hall–Kier alpha value is -2.02. The fourth-order valence-electron chi connectivity index (χ4n) is 3.11. The first-order chi connectivity index (χ1) is 11.5. The quantitative estimate of drug-likeness (QED) is 0.910. The molecule has 2 fully saturated rings. The third kappa shape index (κ3) is 3.40. The van der Waals surface area contributed by atoms with Gasteiger partial charge >= 0.3 is 0 Å². The van der Waals surface area contributed by atoms with Crippen molar-refractivity contribution in [2.75, 3.05) is 38.0 Å². The standard InChI is InChI=1S/C17H21F2N3O2/c1-2-21-6-8-22(9-7-21)17(24)12-10-11(12)16(23)20-15-13(18)4-3-5-14(15)19/h3-5,11-12H,2,6-10H2,1H3,(H,20,23). The van der Waals surface area contributed by atoms with E-state index in [-0.39, 0.29) is 11.8 Å². The van der Waals surface area contributed by atoms with Crippen molar-refractivity contribution in [1.82, 2.24) is 9.80 Å². The summed E-state index contributed by atoms with van der Waals surface area (Å²) in [7, 11) is 0. The highest BCUT2D eigenvalue weighted by Gasteiger charge is 2.49. The number of anilines is 1. The summed E-state index contributed by atoms with van der Waals surface area (Å²) >= 11 is 0. The lowest BCUT2D eigenvalue weighted by Crippen LogP contribution is -2.49. The van der Waals surface area contributed by atoms with Gasteiger partial charge in [-0.15, -0.1) is 0 Å². The summed E-state index contributed by atoms with van der Waals surface area (Å²) in [4.78, 5) is 28.6. The predicted molar refractivity (Wildman–Crippen MR) is 85.3 cm³/mol. The second-order valence-electron chi connectivity index (χ2n) is 6.29. The van der Waals surface area contributed by atoms with Gasteiger partial charge in [-0.1, -0.05) is 13.0 Å². The van der Waals surface area contributed by atoms with Crippen LogP contribution in [0.4, 0.5) is 14.5 Å². The minimum atomic E-state index is -0.817. The van der Waals surface area contributed by atoms with Gasteiger partial charge in [0.2, 0.25) is 11.8 Å². The average molecular weight is 337 g/mol. The Morgan fingerprint density at radius 2 is 1.75 bits per heavy atom. The van der Waals surface area contributed by atoms with Gasteiger partial charge in [0.05, 0.1) is 11.8 Å². The lowest BCUT2D eigenvalue weighted by Gasteiger charge is -2.34. The number of amides is 2. The number of rotatable bonds is 4. The van der Waals surface area contributed by atoms with Crippen LogP contribution < -0.4 is 5.32 Å². The molecule has 1 aromatic rings. The Morgan fingerprint density at radius 3 is 2.33 bits per heavy atom. The van der Waals surface area contributed by atoms with Gasteiger partial charge in [-0.3, -0.25) is 9.59 Å². The zero-order valence-electron chi connectivity index (χ0n) is 13.6. The zero-order chi connectivity index (χ0) is 17.3. The molecule has 1 aromatic carbocycles. The van der Waals surface area contributed by atoms with Crippen LogP contribution in [0.2, 0.25) is 0 Å². The Balaban J connectivity index is 1.55. The Bertz CT molecular complexity index is 624. The van der Waals surface area contributed by atoms with Gasteiger partial charge in [0.15, 0.2) is 0 Å². The number of likely N-dealkylation sites (N-methyl/N-ethyl adjacent to an activating group) is 1. The van der Waals surface area contributed by atoms with Gasteiger partial charge < -0.3 is 15.1 Å². The lowest BCUT2D eigenvalue weighted by atomic mass is 10.2. The zero-order valence-corrected chi connectivity index (χ0v) is 13.6. The molecule has 5 nitrogen and oxygen atoms in total. The van der Waals surface area contributed by atoms with E-state index in [2.05, 4.69) is 17.1 Å². The van der Waals surface area contributed by atoms with Crippen LogP contribution in [-0.4, -0.2) is 54.3 Å². The lowest BCUT2D eigenvalue weighted by molar-refractivity contribution is -0.135. The van der Waals surface area contributed by atoms with Crippen molar-refractivity contribution in [2.45, 2.75) is 13.3 Å². The van der Waals surface area contributed by atoms with Crippen molar-refractivity contribution >= 4 is 17.5 Å². The summed E-state index contributed by atoms with van der Waals surface area (Å²) in [6.45, 7) is 6.06. The van der Waals surface area contributed by atoms with Gasteiger partial charge in [0.25, 0.3) is 0 Å². The van der Waals surface area contributed by atoms with E-state index >= 15 is 0 Å². The number of piperazine rings is 1. The van der Waals surface area contributed by atoms with Crippen LogP contribution in [0.3, 0.4) is 0 Å². The summed E-state index contributed by atoms with van der Waals surface area (Å²) in [6, 6.07) is 3.41. The summed E-state index contributed by atoms with van der Waals surface area (Å²) in [6.07, 6.45) is 0.439. The summed E-state index contributed by atoms with van der Waals surface area (Å²) in [5, 5.41) is 2.28. The number of carbonyl (C=O) groups excluding carboxylic acids is 2. The van der Waals surface area contributed by atoms with Crippen LogP contribution in [-0.2, 0) is 9.59 Å². The second kappa shape index (κ2) is 6.84. The van der Waals surface area contributed by atoms with Crippen LogP contribution in [0.1, 0.15) is 13.3 Å². The average Bonchev–Trinajstić information content (AvgIpc) is 3.38. The maximum Gasteiger partial charge on any atom is 0.228 e. The third-order valence-electron chi connectivity index (χ3n) is 4.79. The van der Waals surface area contributed by atoms with Gasteiger partial charge in [-0.2, -0.15) is 0 Å². The third-order valence-corrected chi connectivity index (χ3v) is 4.79. The molecule has 1 heterocycles. The molecule has 130 valence electrons. The SMILES string of the molecule is CCN1CCN(C(=O)C2CC2C(=O)Nc2c(F)cccc2F)CC1. The molecule has 1 aliphatic carbocycles. The summed E-state index contributed by atoms with van der Waals surface area (Å²) in [5.74, 6) is -3.02. The Labute approximate surface area is 139 Å². The molecule has 2 aliphatic rings. The van der Waals surface area contributed by atoms with E-state index in [4.69, 9.17) is 0 Å². The first-order valence-electron chi connectivity index (χ1n) is 8.27. The van der Waals surface area contributed by atoms with Crippen molar-refractivity contribution in [3.8, 4) is 0 Å². The molecule has 0 aromatic heterocycles. The van der Waals surface area contributed by atoms with Crippen molar-refractivity contribution in [3.63, 3.8) is 0 Å². The monoisotopic (exact) mass is 337 g/mol. The minimum Gasteiger partial charge on any atom is -0.340 e. The van der Waals surface area contributed by atoms with Crippen molar-refractivity contribution in [1.29, 1.82) is 0 Å². The summed E-state index contributed by atoms with van der Waals surface area (Å²) in [5.41, 5.74) is -0.447. The minimum absolute atomic E-state index is 0.0279. The van der Waals surface area contributed by atoms with Crippen LogP contribution in [0.5, 0.6) is 0 Å². The van der Waals surface area contributed by atoms with Gasteiger partial charge in [-0.25, -0.2) is 8.78 Å². The van der Waals surface area contributed by atoms with Crippen LogP contribution in [0.15, 0.2) is 18.2 Å². The fraction of sp³-hybridized carbons (Fsp3) is 0.529. The van der Waals surface area contributed by atoms with E-state index in [1.54, 1.807) is 4.90 Å². The van der Waals surface area contributed by atoms with Crippen LogP contribution in [0.25, 0.3) is 0 Å². The maximum absolute atomic E-state index is 13.6. The highest BCUT2D eigenvalue weighted by atomic mass is 19.1. The number of halogens is 2. The molecule has 0 spiro atoms. The summed E-state index contributed by atoms with van der Waals surface area (Å²) < 4.78 is 27.2. The van der Waals surface area contributed by atoms with E-state index in [1.807, 2.05) is 0 Å². The number of nitrogens with one attached hydrogen (secondary N) is 1. The molecule has 3 rings (SSSR count). The molecule has 1 N–H and O–H groups in total. The Kier molecular flexibility index (Phi) is 4.80. The molecule has 1 saturated heterocycles. The van der Waals surface area contributed by atoms with E-state index in [9.17, 15) is 18.4 Å². The van der Waals surface area contributed by atoms with Gasteiger partial charge in [0, 0.05) is 26.2 Å². The Morgan fingerprint density at radius 1 is 1.12 bits per heavy atom. The molecule has 7 heteroatoms. The molecular formula is C17H21F2N3O2. The topological polar surface area (TPSA) is 52.7 Å². The molecule has 2 unspecified atom stereocenters. The number of benzene rings is 1. The number of para-hydroxylation sites is 1.